The van der Waals surface area contributed by atoms with E-state index in [2.05, 4.69) is 28.1 Å². The molecule has 0 atom stereocenters. The normalized spacial score (nSPS) is 19.4. The van der Waals surface area contributed by atoms with Crippen LogP contribution in [0.4, 0.5) is 0 Å². The van der Waals surface area contributed by atoms with E-state index in [0.717, 1.165) is 15.6 Å². The fourth-order valence-electron chi connectivity index (χ4n) is 1.78. The predicted molar refractivity (Wildman–Crippen MR) is 75.1 cm³/mol. The molecule has 0 saturated carbocycles. The smallest absolute Gasteiger partial charge is 0.0729 e. The molecule has 19 heavy (non-hydrogen) atoms. The highest BCUT2D eigenvalue weighted by Gasteiger charge is 2.06. The van der Waals surface area contributed by atoms with Crippen LogP contribution >= 0.6 is 15.9 Å². The molecule has 4 nitrogen and oxygen atoms in total. The maximum atomic E-state index is 5.59. The molecule has 0 spiro atoms. The minimum Gasteiger partial charge on any atom is -0.377 e. The van der Waals surface area contributed by atoms with E-state index < -0.39 is 0 Å². The third-order valence-corrected chi connectivity index (χ3v) is 3.81. The van der Waals surface area contributed by atoms with Crippen LogP contribution in [-0.2, 0) is 32.2 Å². The highest BCUT2D eigenvalue weighted by Crippen LogP contribution is 2.23. The van der Waals surface area contributed by atoms with Gasteiger partial charge in [-0.25, -0.2) is 0 Å². The zero-order chi connectivity index (χ0) is 13.3. The molecule has 1 aromatic carbocycles. The van der Waals surface area contributed by atoms with Gasteiger partial charge in [0, 0.05) is 4.47 Å². The molecule has 1 aromatic rings. The van der Waals surface area contributed by atoms with Gasteiger partial charge in [-0.15, -0.1) is 0 Å². The van der Waals surface area contributed by atoms with Crippen molar-refractivity contribution in [2.45, 2.75) is 13.2 Å². The van der Waals surface area contributed by atoms with Gasteiger partial charge < -0.3 is 18.9 Å². The van der Waals surface area contributed by atoms with E-state index in [0.29, 0.717) is 52.9 Å². The summed E-state index contributed by atoms with van der Waals surface area (Å²) in [6.07, 6.45) is 0. The minimum absolute atomic E-state index is 0.578. The first kappa shape index (κ1) is 14.9. The summed E-state index contributed by atoms with van der Waals surface area (Å²) in [4.78, 5) is 0. The van der Waals surface area contributed by atoms with Crippen molar-refractivity contribution >= 4 is 15.9 Å². The fourth-order valence-corrected chi connectivity index (χ4v) is 2.27. The van der Waals surface area contributed by atoms with E-state index in [1.54, 1.807) is 0 Å². The predicted octanol–water partition coefficient (Wildman–Crippen LogP) is 2.53. The zero-order valence-electron chi connectivity index (χ0n) is 10.9. The molecular weight excluding hydrogens is 312 g/mol. The first-order valence-electron chi connectivity index (χ1n) is 6.45. The van der Waals surface area contributed by atoms with Crippen LogP contribution in [0.5, 0.6) is 0 Å². The summed E-state index contributed by atoms with van der Waals surface area (Å²) in [5.41, 5.74) is 2.26. The molecular formula is C14H19BrO4. The number of ether oxygens (including phenoxy) is 4. The highest BCUT2D eigenvalue weighted by molar-refractivity contribution is 9.10. The number of fused-ring (bicyclic) bond motifs is 2. The van der Waals surface area contributed by atoms with Crippen LogP contribution < -0.4 is 0 Å². The summed E-state index contributed by atoms with van der Waals surface area (Å²) in [6.45, 7) is 4.72. The Labute approximate surface area is 122 Å². The van der Waals surface area contributed by atoms with Crippen LogP contribution in [0, 0.1) is 0 Å². The van der Waals surface area contributed by atoms with E-state index in [1.807, 2.05) is 6.07 Å². The second kappa shape index (κ2) is 8.66. The van der Waals surface area contributed by atoms with Gasteiger partial charge in [0.25, 0.3) is 0 Å². The number of hydrogen-bond acceptors (Lipinski definition) is 4. The molecule has 1 aliphatic heterocycles. The summed E-state index contributed by atoms with van der Waals surface area (Å²) in [6, 6.07) is 6.12. The molecule has 106 valence electrons. The number of hydrogen-bond donors (Lipinski definition) is 0. The topological polar surface area (TPSA) is 36.9 Å². The van der Waals surface area contributed by atoms with Gasteiger partial charge >= 0.3 is 0 Å². The molecule has 5 heteroatoms. The SMILES string of the molecule is Brc1c2cccc1COCCOCCOCCOC2. The molecule has 2 rings (SSSR count). The average Bonchev–Trinajstić information content (AvgIpc) is 2.42. The molecule has 0 fully saturated rings. The molecule has 1 heterocycles. The number of rotatable bonds is 0. The second-order valence-corrected chi connectivity index (χ2v) is 5.01. The summed E-state index contributed by atoms with van der Waals surface area (Å²) in [5, 5.41) is 0. The lowest BCUT2D eigenvalue weighted by Crippen LogP contribution is -2.11. The maximum Gasteiger partial charge on any atom is 0.0729 e. The van der Waals surface area contributed by atoms with Crippen LogP contribution in [0.3, 0.4) is 0 Å². The summed E-state index contributed by atoms with van der Waals surface area (Å²) >= 11 is 3.61. The molecule has 0 saturated heterocycles. The Morgan fingerprint density at radius 1 is 0.684 bits per heavy atom. The lowest BCUT2D eigenvalue weighted by atomic mass is 10.1. The van der Waals surface area contributed by atoms with E-state index in [9.17, 15) is 0 Å². The summed E-state index contributed by atoms with van der Waals surface area (Å²) in [5.74, 6) is 0. The number of benzene rings is 1. The zero-order valence-corrected chi connectivity index (χ0v) is 12.5. The monoisotopic (exact) mass is 330 g/mol. The molecule has 0 aromatic heterocycles. The lowest BCUT2D eigenvalue weighted by molar-refractivity contribution is -0.00523. The Morgan fingerprint density at radius 3 is 1.58 bits per heavy atom. The van der Waals surface area contributed by atoms with Crippen molar-refractivity contribution in [3.05, 3.63) is 33.8 Å². The van der Waals surface area contributed by atoms with E-state index in [4.69, 9.17) is 18.9 Å². The van der Waals surface area contributed by atoms with Crippen molar-refractivity contribution in [2.24, 2.45) is 0 Å². The third kappa shape index (κ3) is 5.20. The Balaban J connectivity index is 1.97. The van der Waals surface area contributed by atoms with Crippen LogP contribution in [0.2, 0.25) is 0 Å². The van der Waals surface area contributed by atoms with E-state index >= 15 is 0 Å². The van der Waals surface area contributed by atoms with Gasteiger partial charge in [0.2, 0.25) is 0 Å². The van der Waals surface area contributed by atoms with Crippen LogP contribution in [0.25, 0.3) is 0 Å². The van der Waals surface area contributed by atoms with Crippen molar-refractivity contribution in [1.82, 2.24) is 0 Å². The maximum absolute atomic E-state index is 5.59. The standard InChI is InChI=1S/C14H19BrO4/c15-14-12-2-1-3-13(14)11-19-9-7-17-5-4-16-6-8-18-10-12/h1-3H,4-11H2. The van der Waals surface area contributed by atoms with Crippen LogP contribution in [0.1, 0.15) is 11.1 Å². The lowest BCUT2D eigenvalue weighted by Gasteiger charge is -2.10. The second-order valence-electron chi connectivity index (χ2n) is 4.22. The third-order valence-electron chi connectivity index (χ3n) is 2.79. The Hall–Kier alpha value is -0.460. The highest BCUT2D eigenvalue weighted by atomic mass is 79.9. The van der Waals surface area contributed by atoms with Crippen molar-refractivity contribution < 1.29 is 18.9 Å². The summed E-state index contributed by atoms with van der Waals surface area (Å²) in [7, 11) is 0. The van der Waals surface area contributed by atoms with Gasteiger partial charge in [-0.05, 0) is 11.1 Å². The molecule has 0 radical (unpaired) electrons. The molecule has 0 unspecified atom stereocenters. The van der Waals surface area contributed by atoms with E-state index in [1.165, 1.54) is 0 Å². The summed E-state index contributed by atoms with van der Waals surface area (Å²) < 4.78 is 23.0. The van der Waals surface area contributed by atoms with Gasteiger partial charge in [0.15, 0.2) is 0 Å². The average molecular weight is 331 g/mol. The first-order valence-corrected chi connectivity index (χ1v) is 7.24. The Morgan fingerprint density at radius 2 is 1.11 bits per heavy atom. The molecule has 0 N–H and O–H groups in total. The van der Waals surface area contributed by atoms with Crippen molar-refractivity contribution in [3.63, 3.8) is 0 Å². The minimum atomic E-state index is 0.578. The van der Waals surface area contributed by atoms with Gasteiger partial charge in [-0.2, -0.15) is 0 Å². The molecule has 1 aliphatic rings. The van der Waals surface area contributed by atoms with Gasteiger partial charge in [0.05, 0.1) is 52.9 Å². The van der Waals surface area contributed by atoms with Crippen molar-refractivity contribution in [1.29, 1.82) is 0 Å². The van der Waals surface area contributed by atoms with Crippen LogP contribution in [-0.4, -0.2) is 39.6 Å². The van der Waals surface area contributed by atoms with Gasteiger partial charge in [-0.3, -0.25) is 0 Å². The fraction of sp³-hybridized carbons (Fsp3) is 0.571. The molecule has 2 bridgehead atoms. The quantitative estimate of drug-likeness (QED) is 0.732. The van der Waals surface area contributed by atoms with E-state index in [-0.39, 0.29) is 0 Å². The first-order chi connectivity index (χ1) is 9.38. The van der Waals surface area contributed by atoms with Gasteiger partial charge in [0.1, 0.15) is 0 Å². The van der Waals surface area contributed by atoms with Crippen molar-refractivity contribution in [3.8, 4) is 0 Å². The number of halogens is 1. The Kier molecular flexibility index (Phi) is 6.81. The largest absolute Gasteiger partial charge is 0.377 e. The molecule has 0 aliphatic carbocycles. The van der Waals surface area contributed by atoms with Gasteiger partial charge in [-0.1, -0.05) is 34.1 Å². The molecule has 0 amide bonds. The Bertz CT molecular complexity index is 351. The van der Waals surface area contributed by atoms with Crippen LogP contribution in [0.15, 0.2) is 22.7 Å². The van der Waals surface area contributed by atoms with Crippen molar-refractivity contribution in [2.75, 3.05) is 39.6 Å².